The minimum absolute atomic E-state index is 0.360. The molecule has 0 aliphatic carbocycles. The molecule has 0 aromatic heterocycles. The van der Waals surface area contributed by atoms with Crippen LogP contribution in [-0.2, 0) is 20.7 Å². The van der Waals surface area contributed by atoms with Gasteiger partial charge in [-0.15, -0.1) is 0 Å². The molecule has 25 heavy (non-hydrogen) atoms. The number of benzene rings is 2. The standard InChI is InChI=1S/C21H23NO3/c1-4-17-9-12-19(13-10-17)22-21(24)16(3)25-20(23)14-11-18-7-5-15(2)6-8-18/h5-14,16H,4H2,1-3H3,(H,22,24)/b14-11+. The third-order valence-electron chi connectivity index (χ3n) is 3.78. The number of carbonyl (C=O) groups is 2. The normalized spacial score (nSPS) is 12.0. The SMILES string of the molecule is CCc1ccc(NC(=O)C(C)OC(=O)/C=C/c2ccc(C)cc2)cc1. The molecule has 1 unspecified atom stereocenters. The average molecular weight is 337 g/mol. The van der Waals surface area contributed by atoms with Gasteiger partial charge in [0.25, 0.3) is 5.91 Å². The molecular weight excluding hydrogens is 314 g/mol. The lowest BCUT2D eigenvalue weighted by Gasteiger charge is -2.12. The second-order valence-corrected chi connectivity index (χ2v) is 5.86. The van der Waals surface area contributed by atoms with Gasteiger partial charge in [0, 0.05) is 11.8 Å². The Kier molecular flexibility index (Phi) is 6.52. The Morgan fingerprint density at radius 1 is 1.08 bits per heavy atom. The summed E-state index contributed by atoms with van der Waals surface area (Å²) >= 11 is 0. The lowest BCUT2D eigenvalue weighted by Crippen LogP contribution is -2.29. The fraction of sp³-hybridized carbons (Fsp3) is 0.238. The molecule has 1 amide bonds. The molecule has 2 aromatic rings. The van der Waals surface area contributed by atoms with Crippen LogP contribution in [0.5, 0.6) is 0 Å². The number of aryl methyl sites for hydroxylation is 2. The maximum Gasteiger partial charge on any atom is 0.331 e. The van der Waals surface area contributed by atoms with Crippen LogP contribution in [0.1, 0.15) is 30.5 Å². The van der Waals surface area contributed by atoms with Crippen molar-refractivity contribution in [2.24, 2.45) is 0 Å². The van der Waals surface area contributed by atoms with Gasteiger partial charge in [0.05, 0.1) is 0 Å². The third-order valence-corrected chi connectivity index (χ3v) is 3.78. The van der Waals surface area contributed by atoms with E-state index in [-0.39, 0.29) is 5.91 Å². The molecule has 0 spiro atoms. The van der Waals surface area contributed by atoms with Gasteiger partial charge in [0.2, 0.25) is 0 Å². The van der Waals surface area contributed by atoms with Crippen LogP contribution in [-0.4, -0.2) is 18.0 Å². The molecule has 0 fully saturated rings. The van der Waals surface area contributed by atoms with Crippen molar-refractivity contribution in [2.75, 3.05) is 5.32 Å². The summed E-state index contributed by atoms with van der Waals surface area (Å²) in [5.41, 5.74) is 3.92. The predicted molar refractivity (Wildman–Crippen MR) is 100 cm³/mol. The fourth-order valence-corrected chi connectivity index (χ4v) is 2.18. The van der Waals surface area contributed by atoms with Gasteiger partial charge >= 0.3 is 5.97 Å². The zero-order valence-electron chi connectivity index (χ0n) is 14.8. The van der Waals surface area contributed by atoms with E-state index >= 15 is 0 Å². The molecule has 4 heteroatoms. The molecule has 0 saturated carbocycles. The molecule has 0 saturated heterocycles. The van der Waals surface area contributed by atoms with Gasteiger partial charge in [0.15, 0.2) is 6.10 Å². The van der Waals surface area contributed by atoms with Gasteiger partial charge in [-0.05, 0) is 49.6 Å². The van der Waals surface area contributed by atoms with E-state index in [4.69, 9.17) is 4.74 Å². The molecule has 0 bridgehead atoms. The van der Waals surface area contributed by atoms with Gasteiger partial charge < -0.3 is 10.1 Å². The number of carbonyl (C=O) groups excluding carboxylic acids is 2. The van der Waals surface area contributed by atoms with E-state index in [0.29, 0.717) is 5.69 Å². The second-order valence-electron chi connectivity index (χ2n) is 5.86. The van der Waals surface area contributed by atoms with Crippen LogP contribution < -0.4 is 5.32 Å². The predicted octanol–water partition coefficient (Wildman–Crippen LogP) is 4.14. The van der Waals surface area contributed by atoms with Gasteiger partial charge in [-0.2, -0.15) is 0 Å². The Labute approximate surface area is 148 Å². The Morgan fingerprint density at radius 2 is 1.72 bits per heavy atom. The Balaban J connectivity index is 1.86. The summed E-state index contributed by atoms with van der Waals surface area (Å²) < 4.78 is 5.14. The van der Waals surface area contributed by atoms with Crippen LogP contribution in [0.25, 0.3) is 6.08 Å². The molecule has 0 heterocycles. The van der Waals surface area contributed by atoms with E-state index in [1.165, 1.54) is 11.6 Å². The van der Waals surface area contributed by atoms with Crippen molar-refractivity contribution in [1.29, 1.82) is 0 Å². The molecule has 2 rings (SSSR count). The van der Waals surface area contributed by atoms with Crippen molar-refractivity contribution >= 4 is 23.6 Å². The molecule has 1 N–H and O–H groups in total. The number of amides is 1. The van der Waals surface area contributed by atoms with Crippen molar-refractivity contribution in [3.8, 4) is 0 Å². The van der Waals surface area contributed by atoms with Crippen LogP contribution in [0.15, 0.2) is 54.6 Å². The molecule has 0 aliphatic heterocycles. The highest BCUT2D eigenvalue weighted by atomic mass is 16.5. The van der Waals surface area contributed by atoms with Crippen LogP contribution in [0.2, 0.25) is 0 Å². The fourth-order valence-electron chi connectivity index (χ4n) is 2.18. The average Bonchev–Trinajstić information content (AvgIpc) is 2.61. The molecule has 0 radical (unpaired) electrons. The van der Waals surface area contributed by atoms with Crippen molar-refractivity contribution in [1.82, 2.24) is 0 Å². The van der Waals surface area contributed by atoms with Crippen LogP contribution in [0.4, 0.5) is 5.69 Å². The topological polar surface area (TPSA) is 55.4 Å². The smallest absolute Gasteiger partial charge is 0.331 e. The van der Waals surface area contributed by atoms with E-state index in [2.05, 4.69) is 12.2 Å². The van der Waals surface area contributed by atoms with Crippen molar-refractivity contribution in [2.45, 2.75) is 33.3 Å². The van der Waals surface area contributed by atoms with Crippen LogP contribution in [0, 0.1) is 6.92 Å². The second kappa shape index (κ2) is 8.83. The Morgan fingerprint density at radius 3 is 2.32 bits per heavy atom. The largest absolute Gasteiger partial charge is 0.449 e. The molecule has 0 aliphatic rings. The number of hydrogen-bond acceptors (Lipinski definition) is 3. The number of nitrogens with one attached hydrogen (secondary N) is 1. The number of rotatable bonds is 6. The highest BCUT2D eigenvalue weighted by Crippen LogP contribution is 2.11. The summed E-state index contributed by atoms with van der Waals surface area (Å²) in [5, 5.41) is 2.74. The minimum atomic E-state index is -0.874. The summed E-state index contributed by atoms with van der Waals surface area (Å²) in [4.78, 5) is 23.9. The number of esters is 1. The van der Waals surface area contributed by atoms with Gasteiger partial charge in [-0.25, -0.2) is 4.79 Å². The first-order valence-electron chi connectivity index (χ1n) is 8.33. The summed E-state index contributed by atoms with van der Waals surface area (Å²) in [5.74, 6) is -0.911. The molecule has 1 atom stereocenters. The highest BCUT2D eigenvalue weighted by Gasteiger charge is 2.16. The lowest BCUT2D eigenvalue weighted by atomic mass is 10.1. The van der Waals surface area contributed by atoms with E-state index in [1.807, 2.05) is 55.5 Å². The summed E-state index contributed by atoms with van der Waals surface area (Å²) in [6.45, 7) is 5.62. The van der Waals surface area contributed by atoms with E-state index in [0.717, 1.165) is 17.5 Å². The maximum absolute atomic E-state index is 12.1. The van der Waals surface area contributed by atoms with Crippen LogP contribution in [0.3, 0.4) is 0 Å². The zero-order valence-corrected chi connectivity index (χ0v) is 14.8. The first kappa shape index (κ1) is 18.5. The van der Waals surface area contributed by atoms with Gasteiger partial charge in [-0.1, -0.05) is 48.9 Å². The first-order chi connectivity index (χ1) is 12.0. The molecule has 2 aromatic carbocycles. The van der Waals surface area contributed by atoms with Gasteiger partial charge in [0.1, 0.15) is 0 Å². The van der Waals surface area contributed by atoms with Gasteiger partial charge in [-0.3, -0.25) is 4.79 Å². The van der Waals surface area contributed by atoms with Crippen molar-refractivity contribution in [3.63, 3.8) is 0 Å². The van der Waals surface area contributed by atoms with E-state index in [1.54, 1.807) is 13.0 Å². The quantitative estimate of drug-likeness (QED) is 0.636. The highest BCUT2D eigenvalue weighted by molar-refractivity contribution is 5.96. The first-order valence-corrected chi connectivity index (χ1v) is 8.33. The maximum atomic E-state index is 12.1. The molecular formula is C21H23NO3. The summed E-state index contributed by atoms with van der Waals surface area (Å²) in [6, 6.07) is 15.3. The third kappa shape index (κ3) is 5.92. The van der Waals surface area contributed by atoms with E-state index < -0.39 is 12.1 Å². The number of ether oxygens (including phenoxy) is 1. The monoisotopic (exact) mass is 337 g/mol. The van der Waals surface area contributed by atoms with Crippen molar-refractivity contribution in [3.05, 3.63) is 71.3 Å². The zero-order chi connectivity index (χ0) is 18.2. The lowest BCUT2D eigenvalue weighted by molar-refractivity contribution is -0.148. The Hall–Kier alpha value is -2.88. The molecule has 130 valence electrons. The number of anilines is 1. The minimum Gasteiger partial charge on any atom is -0.449 e. The van der Waals surface area contributed by atoms with Crippen molar-refractivity contribution < 1.29 is 14.3 Å². The number of hydrogen-bond donors (Lipinski definition) is 1. The molecule has 4 nitrogen and oxygen atoms in total. The summed E-state index contributed by atoms with van der Waals surface area (Å²) in [6.07, 6.45) is 3.05. The van der Waals surface area contributed by atoms with Crippen LogP contribution >= 0.6 is 0 Å². The Bertz CT molecular complexity index is 746. The summed E-state index contributed by atoms with van der Waals surface area (Å²) in [7, 11) is 0. The van der Waals surface area contributed by atoms with E-state index in [9.17, 15) is 9.59 Å².